The number of non-ortho nitro benzene ring substituents is 1. The maximum absolute atomic E-state index is 12.4. The maximum atomic E-state index is 12.4. The van der Waals surface area contributed by atoms with Crippen LogP contribution in [0.15, 0.2) is 42.6 Å². The number of aromatic nitrogens is 1. The summed E-state index contributed by atoms with van der Waals surface area (Å²) < 4.78 is 40.9. The van der Waals surface area contributed by atoms with Crippen molar-refractivity contribution >= 4 is 35.3 Å². The van der Waals surface area contributed by atoms with E-state index in [0.717, 1.165) is 17.7 Å². The molecule has 12 nitrogen and oxygen atoms in total. The molecular weight excluding hydrogens is 515 g/mol. The Morgan fingerprint density at radius 1 is 1.11 bits per heavy atom. The first kappa shape index (κ1) is 29.7. The highest BCUT2D eigenvalue weighted by atomic mass is 19.4. The zero-order valence-electron chi connectivity index (χ0n) is 20.0. The number of aryl methyl sites for hydroxylation is 1. The van der Waals surface area contributed by atoms with Gasteiger partial charge in [-0.15, -0.1) is 0 Å². The molecule has 0 aliphatic rings. The van der Waals surface area contributed by atoms with Crippen LogP contribution in [0.1, 0.15) is 36.4 Å². The number of carbonyl (C=O) groups is 4. The Labute approximate surface area is 214 Å². The highest BCUT2D eigenvalue weighted by Gasteiger charge is 2.42. The molecule has 15 heteroatoms. The smallest absolute Gasteiger partial charge is 0.386 e. The number of halogens is 3. The van der Waals surface area contributed by atoms with Crippen molar-refractivity contribution in [1.82, 2.24) is 15.6 Å². The van der Waals surface area contributed by atoms with Gasteiger partial charge in [-0.2, -0.15) is 13.2 Å². The molecule has 0 saturated carbocycles. The molecule has 0 fully saturated rings. The summed E-state index contributed by atoms with van der Waals surface area (Å²) in [6.07, 6.45) is -4.16. The van der Waals surface area contributed by atoms with E-state index >= 15 is 0 Å². The molecular formula is C23H24F3N5O7. The van der Waals surface area contributed by atoms with E-state index in [-0.39, 0.29) is 17.7 Å². The second kappa shape index (κ2) is 13.7. The third-order valence-electron chi connectivity index (χ3n) is 4.90. The van der Waals surface area contributed by atoms with E-state index in [1.54, 1.807) is 6.20 Å². The van der Waals surface area contributed by atoms with E-state index in [4.69, 9.17) is 0 Å². The highest BCUT2D eigenvalue weighted by molar-refractivity contribution is 5.89. The van der Waals surface area contributed by atoms with Crippen molar-refractivity contribution < 1.29 is 42.0 Å². The SMILES string of the molecule is Cc1ccnc(NCCCC(=O)NCC(=O)NC(CC(=O)OC(=O)C(F)(F)F)c2ccc([N+](=O)[O-])cc2)c1. The number of alkyl halides is 3. The average Bonchev–Trinajstić information content (AvgIpc) is 2.84. The number of nitro benzene ring substituents is 1. The van der Waals surface area contributed by atoms with E-state index in [1.807, 2.05) is 19.1 Å². The van der Waals surface area contributed by atoms with Gasteiger partial charge in [-0.3, -0.25) is 24.5 Å². The summed E-state index contributed by atoms with van der Waals surface area (Å²) in [5.41, 5.74) is 0.814. The Balaban J connectivity index is 1.90. The Morgan fingerprint density at radius 3 is 2.39 bits per heavy atom. The summed E-state index contributed by atoms with van der Waals surface area (Å²) in [4.78, 5) is 61.5. The number of rotatable bonds is 12. The Hall–Kier alpha value is -4.56. The minimum Gasteiger partial charge on any atom is -0.386 e. The van der Waals surface area contributed by atoms with Gasteiger partial charge in [0.05, 0.1) is 23.9 Å². The minimum atomic E-state index is -5.40. The Bertz CT molecular complexity index is 1170. The molecule has 0 radical (unpaired) electrons. The Morgan fingerprint density at radius 2 is 1.79 bits per heavy atom. The predicted octanol–water partition coefficient (Wildman–Crippen LogP) is 2.49. The average molecular weight is 539 g/mol. The lowest BCUT2D eigenvalue weighted by Gasteiger charge is -2.19. The molecule has 0 saturated heterocycles. The monoisotopic (exact) mass is 539 g/mol. The summed E-state index contributed by atoms with van der Waals surface area (Å²) in [5.74, 6) is -4.93. The quantitative estimate of drug-likeness (QED) is 0.121. The number of nitro groups is 1. The number of nitrogens with one attached hydrogen (secondary N) is 3. The van der Waals surface area contributed by atoms with Crippen LogP contribution in [0.3, 0.4) is 0 Å². The second-order valence-electron chi connectivity index (χ2n) is 7.96. The van der Waals surface area contributed by atoms with E-state index in [9.17, 15) is 42.5 Å². The highest BCUT2D eigenvalue weighted by Crippen LogP contribution is 2.22. The number of esters is 2. The molecule has 38 heavy (non-hydrogen) atoms. The number of anilines is 1. The summed E-state index contributed by atoms with van der Waals surface area (Å²) in [6, 6.07) is 6.83. The molecule has 1 atom stereocenters. The van der Waals surface area contributed by atoms with Crippen LogP contribution in [0.25, 0.3) is 0 Å². The predicted molar refractivity (Wildman–Crippen MR) is 125 cm³/mol. The van der Waals surface area contributed by atoms with Crippen molar-refractivity contribution in [2.24, 2.45) is 0 Å². The number of nitrogens with zero attached hydrogens (tertiary/aromatic N) is 2. The van der Waals surface area contributed by atoms with Gasteiger partial charge >= 0.3 is 18.1 Å². The molecule has 3 N–H and O–H groups in total. The fraction of sp³-hybridized carbons (Fsp3) is 0.348. The van der Waals surface area contributed by atoms with Crippen LogP contribution in [-0.2, 0) is 23.9 Å². The zero-order chi connectivity index (χ0) is 28.3. The molecule has 2 aromatic rings. The van der Waals surface area contributed by atoms with E-state index < -0.39 is 53.9 Å². The van der Waals surface area contributed by atoms with Gasteiger partial charge in [0.2, 0.25) is 11.8 Å². The van der Waals surface area contributed by atoms with Gasteiger partial charge in [-0.1, -0.05) is 12.1 Å². The van der Waals surface area contributed by atoms with Crippen LogP contribution < -0.4 is 16.0 Å². The van der Waals surface area contributed by atoms with E-state index in [1.165, 1.54) is 12.1 Å². The third kappa shape index (κ3) is 10.2. The maximum Gasteiger partial charge on any atom is 0.491 e. The van der Waals surface area contributed by atoms with Crippen molar-refractivity contribution in [2.75, 3.05) is 18.4 Å². The first-order valence-electron chi connectivity index (χ1n) is 11.1. The second-order valence-corrected chi connectivity index (χ2v) is 7.96. The first-order chi connectivity index (χ1) is 17.8. The standard InChI is InChI=1S/C23H24F3N5O7/c1-14-8-10-28-18(11-14)27-9-2-3-19(32)29-13-20(33)30-17(12-21(34)38-22(35)23(24,25)26)15-4-6-16(7-5-15)31(36)37/h4-8,10-11,17H,2-3,9,12-13H2,1H3,(H,27,28)(H,29,32)(H,30,33). The fourth-order valence-corrected chi connectivity index (χ4v) is 3.06. The molecule has 204 valence electrons. The first-order valence-corrected chi connectivity index (χ1v) is 11.1. The number of amides is 2. The van der Waals surface area contributed by atoms with Crippen molar-refractivity contribution in [1.29, 1.82) is 0 Å². The normalized spacial score (nSPS) is 11.7. The molecule has 0 spiro atoms. The van der Waals surface area contributed by atoms with E-state index in [0.29, 0.717) is 18.8 Å². The lowest BCUT2D eigenvalue weighted by Crippen LogP contribution is -2.39. The van der Waals surface area contributed by atoms with Gasteiger partial charge in [0, 0.05) is 31.3 Å². The molecule has 2 amide bonds. The van der Waals surface area contributed by atoms with E-state index in [2.05, 4.69) is 25.7 Å². The molecule has 2 rings (SSSR count). The number of hydrogen-bond donors (Lipinski definition) is 3. The zero-order valence-corrected chi connectivity index (χ0v) is 20.0. The molecule has 0 aliphatic carbocycles. The van der Waals surface area contributed by atoms with Gasteiger partial charge in [0.1, 0.15) is 5.82 Å². The number of ether oxygens (including phenoxy) is 1. The lowest BCUT2D eigenvalue weighted by molar-refractivity contribution is -0.384. The topological polar surface area (TPSA) is 170 Å². The Kier molecular flexibility index (Phi) is 10.7. The molecule has 0 aliphatic heterocycles. The third-order valence-corrected chi connectivity index (χ3v) is 4.90. The van der Waals surface area contributed by atoms with Crippen LogP contribution in [0, 0.1) is 17.0 Å². The van der Waals surface area contributed by atoms with Crippen molar-refractivity contribution in [3.05, 3.63) is 63.8 Å². The van der Waals surface area contributed by atoms with Crippen LogP contribution in [0.5, 0.6) is 0 Å². The number of carbonyl (C=O) groups excluding carboxylic acids is 4. The van der Waals surface area contributed by atoms with Gasteiger partial charge in [-0.05, 0) is 36.6 Å². The number of pyridine rings is 1. The minimum absolute atomic E-state index is 0.0732. The summed E-state index contributed by atoms with van der Waals surface area (Å²) >= 11 is 0. The molecule has 1 heterocycles. The fourth-order valence-electron chi connectivity index (χ4n) is 3.06. The lowest BCUT2D eigenvalue weighted by atomic mass is 10.0. The van der Waals surface area contributed by atoms with Gasteiger partial charge in [0.15, 0.2) is 0 Å². The van der Waals surface area contributed by atoms with Crippen LogP contribution in [0.2, 0.25) is 0 Å². The number of benzene rings is 1. The van der Waals surface area contributed by atoms with Gasteiger partial charge < -0.3 is 20.7 Å². The molecule has 1 aromatic carbocycles. The van der Waals surface area contributed by atoms with Crippen molar-refractivity contribution in [3.8, 4) is 0 Å². The summed E-state index contributed by atoms with van der Waals surface area (Å²) in [5, 5.41) is 18.6. The largest absolute Gasteiger partial charge is 0.491 e. The van der Waals surface area contributed by atoms with Crippen LogP contribution >= 0.6 is 0 Å². The molecule has 0 bridgehead atoms. The molecule has 1 unspecified atom stereocenters. The van der Waals surface area contributed by atoms with Crippen molar-refractivity contribution in [2.45, 2.75) is 38.4 Å². The number of hydrogen-bond acceptors (Lipinski definition) is 9. The van der Waals surface area contributed by atoms with Gasteiger partial charge in [-0.25, -0.2) is 9.78 Å². The summed E-state index contributed by atoms with van der Waals surface area (Å²) in [6.45, 7) is 1.82. The van der Waals surface area contributed by atoms with Crippen molar-refractivity contribution in [3.63, 3.8) is 0 Å². The van der Waals surface area contributed by atoms with Crippen LogP contribution in [-0.4, -0.2) is 52.9 Å². The summed E-state index contributed by atoms with van der Waals surface area (Å²) in [7, 11) is 0. The van der Waals surface area contributed by atoms with Gasteiger partial charge in [0.25, 0.3) is 5.69 Å². The van der Waals surface area contributed by atoms with Crippen LogP contribution in [0.4, 0.5) is 24.7 Å². The molecule has 1 aromatic heterocycles.